The van der Waals surface area contributed by atoms with E-state index in [1.165, 1.54) is 0 Å². The number of phosphoric ester groups is 1. The fraction of sp³-hybridized carbons (Fsp3) is 0.385. The van der Waals surface area contributed by atoms with Gasteiger partial charge in [-0.25, -0.2) is 4.57 Å². The second-order valence-electron chi connectivity index (χ2n) is 5.36. The Bertz CT molecular complexity index is 818. The number of phosphoric acid groups is 1. The van der Waals surface area contributed by atoms with Gasteiger partial charge in [-0.1, -0.05) is 6.07 Å². The number of nitrogens with one attached hydrogen (secondary N) is 1. The van der Waals surface area contributed by atoms with E-state index in [9.17, 15) is 13.0 Å². The number of hydrogen-bond donors (Lipinski definition) is 4. The maximum absolute atomic E-state index is 11.0. The van der Waals surface area contributed by atoms with Crippen molar-refractivity contribution < 1.29 is 31.8 Å². The molecule has 24 heavy (non-hydrogen) atoms. The highest BCUT2D eigenvalue weighted by molar-refractivity contribution is 7.85. The molecule has 0 saturated carbocycles. The molecular formula is C13H21N2O7PS. The number of fused-ring (bicyclic) bond motifs is 1. The lowest BCUT2D eigenvalue weighted by Gasteiger charge is -2.11. The van der Waals surface area contributed by atoms with Crippen LogP contribution < -0.4 is 4.52 Å². The third-order valence-electron chi connectivity index (χ3n) is 2.79. The van der Waals surface area contributed by atoms with Crippen LogP contribution in [0.1, 0.15) is 5.56 Å². The van der Waals surface area contributed by atoms with Crippen molar-refractivity contribution in [2.75, 3.05) is 26.9 Å². The first-order valence-electron chi connectivity index (χ1n) is 6.78. The summed E-state index contributed by atoms with van der Waals surface area (Å²) in [6.07, 6.45) is 3.34. The molecule has 1 aromatic carbocycles. The van der Waals surface area contributed by atoms with Crippen LogP contribution in [-0.2, 0) is 21.1 Å². The van der Waals surface area contributed by atoms with Gasteiger partial charge < -0.3 is 14.4 Å². The first kappa shape index (κ1) is 20.6. The monoisotopic (exact) mass is 380 g/mol. The van der Waals surface area contributed by atoms with Gasteiger partial charge in [0, 0.05) is 23.6 Å². The lowest BCUT2D eigenvalue weighted by atomic mass is 10.1. The Labute approximate surface area is 140 Å². The quantitative estimate of drug-likeness (QED) is 0.449. The Hall–Kier alpha value is -1.42. The number of hydrogen-bond acceptors (Lipinski definition) is 5. The second-order valence-corrected chi connectivity index (χ2v) is 7.99. The molecule has 0 amide bonds. The molecule has 9 nitrogen and oxygen atoms in total. The maximum atomic E-state index is 11.0. The van der Waals surface area contributed by atoms with Crippen LogP contribution in [0.4, 0.5) is 0 Å². The van der Waals surface area contributed by atoms with Crippen LogP contribution >= 0.6 is 7.82 Å². The van der Waals surface area contributed by atoms with Crippen LogP contribution in [0.3, 0.4) is 0 Å². The van der Waals surface area contributed by atoms with Crippen LogP contribution in [0.25, 0.3) is 10.9 Å². The molecule has 0 atom stereocenters. The summed E-state index contributed by atoms with van der Waals surface area (Å²) in [7, 11) is -4.27. The van der Waals surface area contributed by atoms with Crippen LogP contribution in [0.2, 0.25) is 0 Å². The molecule has 11 heteroatoms. The molecule has 1 aromatic heterocycles. The van der Waals surface area contributed by atoms with Gasteiger partial charge in [0.1, 0.15) is 5.75 Å². The minimum atomic E-state index is -4.55. The van der Waals surface area contributed by atoms with E-state index >= 15 is 0 Å². The fourth-order valence-corrected chi connectivity index (χ4v) is 2.37. The van der Waals surface area contributed by atoms with E-state index in [1.54, 1.807) is 12.1 Å². The molecule has 2 rings (SSSR count). The Kier molecular flexibility index (Phi) is 6.97. The Balaban J connectivity index is 0.000000505. The van der Waals surface area contributed by atoms with E-state index < -0.39 is 17.9 Å². The Morgan fingerprint density at radius 2 is 1.88 bits per heavy atom. The zero-order valence-electron chi connectivity index (χ0n) is 13.5. The summed E-state index contributed by atoms with van der Waals surface area (Å²) in [4.78, 5) is 23.0. The molecule has 4 N–H and O–H groups in total. The molecule has 0 aliphatic carbocycles. The minimum absolute atomic E-state index is 0.209. The van der Waals surface area contributed by atoms with Gasteiger partial charge >= 0.3 is 7.82 Å². The highest BCUT2D eigenvalue weighted by Gasteiger charge is 2.19. The molecular weight excluding hydrogens is 359 g/mol. The van der Waals surface area contributed by atoms with Gasteiger partial charge in [0.25, 0.3) is 10.1 Å². The molecule has 0 spiro atoms. The Morgan fingerprint density at radius 1 is 1.29 bits per heavy atom. The predicted octanol–water partition coefficient (Wildman–Crippen LogP) is 1.25. The summed E-state index contributed by atoms with van der Waals surface area (Å²) in [6.45, 7) is 0.844. The molecule has 2 aromatic rings. The second kappa shape index (κ2) is 8.11. The first-order chi connectivity index (χ1) is 10.9. The topological polar surface area (TPSA) is 140 Å². The number of aromatic nitrogens is 1. The molecule has 0 unspecified atom stereocenters. The summed E-state index contributed by atoms with van der Waals surface area (Å²) in [5, 5.41) is 0.729. The van der Waals surface area contributed by atoms with Gasteiger partial charge in [0.15, 0.2) is 0 Å². The van der Waals surface area contributed by atoms with E-state index in [4.69, 9.17) is 18.9 Å². The van der Waals surface area contributed by atoms with Gasteiger partial charge in [-0.15, -0.1) is 0 Å². The van der Waals surface area contributed by atoms with Crippen LogP contribution in [0, 0.1) is 0 Å². The highest BCUT2D eigenvalue weighted by Crippen LogP contribution is 2.41. The Morgan fingerprint density at radius 3 is 2.38 bits per heavy atom. The SMILES string of the molecule is CN(C)CCc1c[nH]c2cccc(OP(=O)(O)O)c12.CS(=O)(=O)O. The molecule has 0 aliphatic heterocycles. The molecule has 0 radical (unpaired) electrons. The van der Waals surface area contributed by atoms with Gasteiger partial charge in [-0.05, 0) is 38.2 Å². The first-order valence-corrected chi connectivity index (χ1v) is 10.2. The van der Waals surface area contributed by atoms with Crippen LogP contribution in [-0.4, -0.2) is 59.5 Å². The molecule has 0 saturated heterocycles. The lowest BCUT2D eigenvalue weighted by Crippen LogP contribution is -2.14. The van der Waals surface area contributed by atoms with Gasteiger partial charge in [-0.2, -0.15) is 8.42 Å². The van der Waals surface area contributed by atoms with Gasteiger partial charge in [0.2, 0.25) is 0 Å². The van der Waals surface area contributed by atoms with E-state index in [2.05, 4.69) is 4.98 Å². The van der Waals surface area contributed by atoms with Crippen molar-refractivity contribution in [3.63, 3.8) is 0 Å². The summed E-state index contributed by atoms with van der Waals surface area (Å²) in [5.74, 6) is 0.209. The molecule has 136 valence electrons. The van der Waals surface area contributed by atoms with Crippen molar-refractivity contribution in [1.29, 1.82) is 0 Å². The van der Waals surface area contributed by atoms with Crippen molar-refractivity contribution >= 4 is 28.8 Å². The molecule has 0 bridgehead atoms. The number of benzene rings is 1. The summed E-state index contributed by atoms with van der Waals surface area (Å²) >= 11 is 0. The third kappa shape index (κ3) is 7.91. The number of likely N-dealkylation sites (N-methyl/N-ethyl adjacent to an activating group) is 1. The predicted molar refractivity (Wildman–Crippen MR) is 90.7 cm³/mol. The average Bonchev–Trinajstić information content (AvgIpc) is 2.76. The van der Waals surface area contributed by atoms with Crippen LogP contribution in [0.5, 0.6) is 5.75 Å². The number of nitrogens with zero attached hydrogens (tertiary/aromatic N) is 1. The lowest BCUT2D eigenvalue weighted by molar-refractivity contribution is 0.284. The number of rotatable bonds is 5. The zero-order chi connectivity index (χ0) is 18.5. The molecule has 0 aliphatic rings. The highest BCUT2D eigenvalue weighted by atomic mass is 32.2. The maximum Gasteiger partial charge on any atom is 0.524 e. The minimum Gasteiger partial charge on any atom is -0.404 e. The van der Waals surface area contributed by atoms with Crippen molar-refractivity contribution in [1.82, 2.24) is 9.88 Å². The fourth-order valence-electron chi connectivity index (χ4n) is 1.97. The van der Waals surface area contributed by atoms with Crippen molar-refractivity contribution in [3.8, 4) is 5.75 Å². The molecule has 0 fully saturated rings. The van der Waals surface area contributed by atoms with Gasteiger partial charge in [0.05, 0.1) is 6.26 Å². The summed E-state index contributed by atoms with van der Waals surface area (Å²) in [5.41, 5.74) is 1.78. The van der Waals surface area contributed by atoms with E-state index in [0.29, 0.717) is 6.26 Å². The van der Waals surface area contributed by atoms with Crippen molar-refractivity contribution in [2.24, 2.45) is 0 Å². The van der Waals surface area contributed by atoms with Crippen molar-refractivity contribution in [3.05, 3.63) is 30.0 Å². The zero-order valence-corrected chi connectivity index (χ0v) is 15.2. The summed E-state index contributed by atoms with van der Waals surface area (Å²) < 4.78 is 41.6. The van der Waals surface area contributed by atoms with E-state index in [-0.39, 0.29) is 5.75 Å². The van der Waals surface area contributed by atoms with E-state index in [1.807, 2.05) is 31.3 Å². The smallest absolute Gasteiger partial charge is 0.404 e. The van der Waals surface area contributed by atoms with Gasteiger partial charge in [-0.3, -0.25) is 14.3 Å². The molecule has 1 heterocycles. The number of aromatic amines is 1. The average molecular weight is 380 g/mol. The number of H-pyrrole nitrogens is 1. The van der Waals surface area contributed by atoms with Crippen LogP contribution in [0.15, 0.2) is 24.4 Å². The van der Waals surface area contributed by atoms with Crippen molar-refractivity contribution in [2.45, 2.75) is 6.42 Å². The normalized spacial score (nSPS) is 12.1. The summed E-state index contributed by atoms with van der Waals surface area (Å²) in [6, 6.07) is 5.11. The van der Waals surface area contributed by atoms with E-state index in [0.717, 1.165) is 29.4 Å². The largest absolute Gasteiger partial charge is 0.524 e. The standard InChI is InChI=1S/C12H17N2O4P.CH4O3S/c1-14(2)7-6-9-8-13-10-4-3-5-11(12(9)10)18-19(15,16)17;1-5(2,3)4/h3-5,8,13H,6-7H2,1-2H3,(H2,15,16,17);1H3,(H,2,3,4). The third-order valence-corrected chi connectivity index (χ3v) is 3.23.